The van der Waals surface area contributed by atoms with E-state index in [0.717, 1.165) is 16.0 Å². The number of aryl methyl sites for hydroxylation is 1. The van der Waals surface area contributed by atoms with E-state index in [0.29, 0.717) is 31.4 Å². The summed E-state index contributed by atoms with van der Waals surface area (Å²) in [4.78, 5) is 18.0. The molecule has 1 fully saturated rings. The molecule has 3 aromatic rings. The molecule has 1 N–H and O–H groups in total. The Morgan fingerprint density at radius 3 is 3.04 bits per heavy atom. The minimum absolute atomic E-state index is 0.177. The number of aromatic nitrogens is 3. The summed E-state index contributed by atoms with van der Waals surface area (Å²) in [6, 6.07) is 4.61. The van der Waals surface area contributed by atoms with Crippen molar-refractivity contribution in [3.8, 4) is 11.3 Å². The van der Waals surface area contributed by atoms with E-state index >= 15 is 0 Å². The van der Waals surface area contributed by atoms with Gasteiger partial charge in [0.05, 0.1) is 23.4 Å². The Morgan fingerprint density at radius 1 is 1.41 bits per heavy atom. The Morgan fingerprint density at radius 2 is 2.26 bits per heavy atom. The smallest absolute Gasteiger partial charge is 0.280 e. The molecule has 5 nitrogen and oxygen atoms in total. The van der Waals surface area contributed by atoms with Gasteiger partial charge in [-0.1, -0.05) is 19.4 Å². The summed E-state index contributed by atoms with van der Waals surface area (Å²) in [6.45, 7) is 1.99. The lowest BCUT2D eigenvalue weighted by atomic mass is 9.91. The Bertz CT molecular complexity index is 981. The predicted molar refractivity (Wildman–Crippen MR) is 100 cm³/mol. The van der Waals surface area contributed by atoms with Gasteiger partial charge >= 0.3 is 0 Å². The molecule has 0 bridgehead atoms. The van der Waals surface area contributed by atoms with Gasteiger partial charge in [0.15, 0.2) is 5.01 Å². The van der Waals surface area contributed by atoms with Gasteiger partial charge in [0.2, 0.25) is 0 Å². The molecule has 142 valence electrons. The third-order valence-electron chi connectivity index (χ3n) is 4.96. The summed E-state index contributed by atoms with van der Waals surface area (Å²) in [5, 5.41) is 7.05. The van der Waals surface area contributed by atoms with Crippen LogP contribution in [0.2, 0.25) is 0 Å². The standard InChI is InChI=1S/C19H20F2N4OS/c1-2-14-16(12-11-22-25-10-6-4-7-13(12)25)24-18(27-14)17(26)23-15-8-3-5-9-19(15,20)21/h4,6-7,10-11,15H,2-3,5,8-9H2,1H3,(H,23,26)/t15-/m1/s1. The average Bonchev–Trinajstić information content (AvgIpc) is 3.27. The third-order valence-corrected chi connectivity index (χ3v) is 6.16. The van der Waals surface area contributed by atoms with Crippen molar-refractivity contribution >= 4 is 22.8 Å². The fourth-order valence-electron chi connectivity index (χ4n) is 3.51. The van der Waals surface area contributed by atoms with Gasteiger partial charge in [-0.2, -0.15) is 5.10 Å². The van der Waals surface area contributed by atoms with Gasteiger partial charge in [-0.15, -0.1) is 11.3 Å². The lowest BCUT2D eigenvalue weighted by Crippen LogP contribution is -2.49. The topological polar surface area (TPSA) is 59.3 Å². The van der Waals surface area contributed by atoms with Gasteiger partial charge < -0.3 is 5.32 Å². The van der Waals surface area contributed by atoms with Crippen LogP contribution in [0.5, 0.6) is 0 Å². The van der Waals surface area contributed by atoms with Crippen LogP contribution < -0.4 is 5.32 Å². The van der Waals surface area contributed by atoms with Crippen molar-refractivity contribution in [2.45, 2.75) is 51.0 Å². The molecule has 1 aliphatic rings. The normalized spacial score (nSPS) is 19.3. The highest BCUT2D eigenvalue weighted by Gasteiger charge is 2.42. The molecule has 0 spiro atoms. The van der Waals surface area contributed by atoms with Crippen LogP contribution in [0.25, 0.3) is 16.8 Å². The Labute approximate surface area is 159 Å². The first-order valence-electron chi connectivity index (χ1n) is 9.10. The number of amides is 1. The van der Waals surface area contributed by atoms with E-state index in [2.05, 4.69) is 15.4 Å². The summed E-state index contributed by atoms with van der Waals surface area (Å²) in [7, 11) is 0. The summed E-state index contributed by atoms with van der Waals surface area (Å²) >= 11 is 1.26. The second-order valence-corrected chi connectivity index (χ2v) is 7.85. The number of thiazole rings is 1. The molecule has 0 aromatic carbocycles. The van der Waals surface area contributed by atoms with Crippen LogP contribution in [0.15, 0.2) is 30.6 Å². The first-order chi connectivity index (χ1) is 13.0. The van der Waals surface area contributed by atoms with Crippen LogP contribution in [-0.4, -0.2) is 32.5 Å². The highest BCUT2D eigenvalue weighted by molar-refractivity contribution is 7.14. The zero-order valence-corrected chi connectivity index (χ0v) is 15.7. The lowest BCUT2D eigenvalue weighted by Gasteiger charge is -2.31. The molecule has 1 saturated carbocycles. The number of carbonyl (C=O) groups excluding carboxylic acids is 1. The minimum atomic E-state index is -2.86. The number of pyridine rings is 1. The second-order valence-electron chi connectivity index (χ2n) is 6.77. The van der Waals surface area contributed by atoms with Crippen LogP contribution in [0, 0.1) is 0 Å². The van der Waals surface area contributed by atoms with Crippen LogP contribution >= 0.6 is 11.3 Å². The molecule has 0 saturated heterocycles. The predicted octanol–water partition coefficient (Wildman–Crippen LogP) is 4.33. The number of halogens is 2. The third kappa shape index (κ3) is 3.34. The molecule has 0 aliphatic heterocycles. The van der Waals surface area contributed by atoms with Gasteiger partial charge in [0, 0.05) is 23.1 Å². The number of nitrogens with zero attached hydrogens (tertiary/aromatic N) is 3. The zero-order chi connectivity index (χ0) is 19.0. The molecule has 4 rings (SSSR count). The number of alkyl halides is 2. The Balaban J connectivity index is 1.64. The highest BCUT2D eigenvalue weighted by atomic mass is 32.1. The van der Waals surface area contributed by atoms with Crippen molar-refractivity contribution in [2.24, 2.45) is 0 Å². The maximum atomic E-state index is 14.1. The van der Waals surface area contributed by atoms with Gasteiger partial charge in [0.1, 0.15) is 0 Å². The fraction of sp³-hybridized carbons (Fsp3) is 0.421. The average molecular weight is 390 g/mol. The lowest BCUT2D eigenvalue weighted by molar-refractivity contribution is -0.0609. The van der Waals surface area contributed by atoms with Gasteiger partial charge in [-0.3, -0.25) is 4.79 Å². The van der Waals surface area contributed by atoms with Crippen molar-refractivity contribution in [2.75, 3.05) is 0 Å². The Kier molecular flexibility index (Phi) is 4.67. The molecule has 0 radical (unpaired) electrons. The second kappa shape index (κ2) is 6.99. The molecule has 1 aliphatic carbocycles. The molecular formula is C19H20F2N4OS. The van der Waals surface area contributed by atoms with Crippen molar-refractivity contribution in [1.29, 1.82) is 0 Å². The van der Waals surface area contributed by atoms with E-state index in [4.69, 9.17) is 0 Å². The number of hydrogen-bond acceptors (Lipinski definition) is 4. The maximum Gasteiger partial charge on any atom is 0.280 e. The maximum absolute atomic E-state index is 14.1. The van der Waals surface area contributed by atoms with E-state index in [1.165, 1.54) is 11.3 Å². The van der Waals surface area contributed by atoms with Crippen molar-refractivity contribution in [3.05, 3.63) is 40.5 Å². The van der Waals surface area contributed by atoms with Gasteiger partial charge in [-0.05, 0) is 31.4 Å². The van der Waals surface area contributed by atoms with E-state index in [9.17, 15) is 13.6 Å². The quantitative estimate of drug-likeness (QED) is 0.721. The summed E-state index contributed by atoms with van der Waals surface area (Å²) < 4.78 is 29.8. The molecule has 3 aromatic heterocycles. The molecule has 8 heteroatoms. The first-order valence-corrected chi connectivity index (χ1v) is 9.92. The van der Waals surface area contributed by atoms with Crippen molar-refractivity contribution in [3.63, 3.8) is 0 Å². The van der Waals surface area contributed by atoms with Crippen LogP contribution in [-0.2, 0) is 6.42 Å². The van der Waals surface area contributed by atoms with E-state index in [-0.39, 0.29) is 11.4 Å². The number of rotatable bonds is 4. The first kappa shape index (κ1) is 18.0. The van der Waals surface area contributed by atoms with Crippen molar-refractivity contribution in [1.82, 2.24) is 19.9 Å². The van der Waals surface area contributed by atoms with Crippen molar-refractivity contribution < 1.29 is 13.6 Å². The summed E-state index contributed by atoms with van der Waals surface area (Å²) in [6.07, 6.45) is 5.58. The van der Waals surface area contributed by atoms with E-state index in [1.807, 2.05) is 31.3 Å². The molecule has 3 heterocycles. The van der Waals surface area contributed by atoms with Gasteiger partial charge in [-0.25, -0.2) is 18.3 Å². The van der Waals surface area contributed by atoms with Crippen LogP contribution in [0.3, 0.4) is 0 Å². The van der Waals surface area contributed by atoms with Crippen LogP contribution in [0.4, 0.5) is 8.78 Å². The van der Waals surface area contributed by atoms with E-state index < -0.39 is 17.9 Å². The monoisotopic (exact) mass is 390 g/mol. The molecule has 27 heavy (non-hydrogen) atoms. The number of fused-ring (bicyclic) bond motifs is 1. The molecule has 1 atom stereocenters. The summed E-state index contributed by atoms with van der Waals surface area (Å²) in [5.74, 6) is -3.38. The van der Waals surface area contributed by atoms with E-state index in [1.54, 1.807) is 10.7 Å². The Hall–Kier alpha value is -2.35. The summed E-state index contributed by atoms with van der Waals surface area (Å²) in [5.41, 5.74) is 2.43. The molecule has 1 amide bonds. The fourth-order valence-corrected chi connectivity index (χ4v) is 4.43. The highest BCUT2D eigenvalue weighted by Crippen LogP contribution is 2.35. The zero-order valence-electron chi connectivity index (χ0n) is 14.9. The molecular weight excluding hydrogens is 370 g/mol. The number of nitrogens with one attached hydrogen (secondary N) is 1. The number of hydrogen-bond donors (Lipinski definition) is 1. The molecule has 0 unspecified atom stereocenters. The minimum Gasteiger partial charge on any atom is -0.341 e. The number of carbonyl (C=O) groups is 1. The SMILES string of the molecule is CCc1sc(C(=O)N[C@@H]2CCCCC2(F)F)nc1-c1cnn2ccccc12. The largest absolute Gasteiger partial charge is 0.341 e. The van der Waals surface area contributed by atoms with Gasteiger partial charge in [0.25, 0.3) is 11.8 Å². The van der Waals surface area contributed by atoms with Crippen LogP contribution in [0.1, 0.15) is 47.3 Å².